The highest BCUT2D eigenvalue weighted by molar-refractivity contribution is 5.93. The lowest BCUT2D eigenvalue weighted by atomic mass is 10.0. The van der Waals surface area contributed by atoms with Crippen LogP contribution in [0, 0.1) is 5.82 Å². The van der Waals surface area contributed by atoms with E-state index in [2.05, 4.69) is 10.1 Å². The average Bonchev–Trinajstić information content (AvgIpc) is 3.59. The van der Waals surface area contributed by atoms with E-state index in [0.717, 1.165) is 31.0 Å². The molecule has 1 atom stereocenters. The molecule has 0 bridgehead atoms. The normalized spacial score (nSPS) is 20.3. The Morgan fingerprint density at radius 2 is 2.16 bits per heavy atom. The number of oxime groups is 1. The topological polar surface area (TPSA) is 100 Å². The van der Waals surface area contributed by atoms with Crippen molar-refractivity contribution in [1.29, 1.82) is 0 Å². The van der Waals surface area contributed by atoms with Gasteiger partial charge in [0, 0.05) is 31.7 Å². The number of carboxylic acids is 1. The molecule has 3 heterocycles. The van der Waals surface area contributed by atoms with Gasteiger partial charge in [0.1, 0.15) is 17.8 Å². The standard InChI is InChI=1S/C22H28FN5O4/c1-4-9-32-25-17-7-8-27(12-18(17)26(2)3)21-16(23)10-14-19(29)15(22(30)31)11-28(13-5-6-13)20(14)24-21/h10-11,13,18H,4-9,12H2,1-3H3,(H,30,31)/b25-17+. The number of likely N-dealkylation sites (N-methyl/N-ethyl adjacent to an activating group) is 1. The summed E-state index contributed by atoms with van der Waals surface area (Å²) in [5.41, 5.74) is 0.152. The molecule has 1 aliphatic carbocycles. The number of pyridine rings is 2. The third-order valence-corrected chi connectivity index (χ3v) is 5.93. The number of aromatic carboxylic acids is 1. The van der Waals surface area contributed by atoms with E-state index < -0.39 is 17.2 Å². The fourth-order valence-electron chi connectivity index (χ4n) is 4.04. The number of halogens is 1. The van der Waals surface area contributed by atoms with Crippen LogP contribution < -0.4 is 10.3 Å². The Morgan fingerprint density at radius 3 is 2.78 bits per heavy atom. The molecule has 0 spiro atoms. The summed E-state index contributed by atoms with van der Waals surface area (Å²) in [5.74, 6) is -1.80. The van der Waals surface area contributed by atoms with Crippen LogP contribution in [0.2, 0.25) is 0 Å². The molecule has 2 aromatic rings. The minimum absolute atomic E-state index is 0.00515. The van der Waals surface area contributed by atoms with E-state index in [1.807, 2.05) is 30.8 Å². The SMILES string of the molecule is CCCO/N=C1\CCN(c2nc3c(cc2F)c(=O)c(C(=O)O)cn3C2CC2)CC1N(C)C. The minimum Gasteiger partial charge on any atom is -0.477 e. The second kappa shape index (κ2) is 8.85. The Kier molecular flexibility index (Phi) is 6.14. The molecule has 9 nitrogen and oxygen atoms in total. The van der Waals surface area contributed by atoms with Gasteiger partial charge in [0.25, 0.3) is 0 Å². The zero-order chi connectivity index (χ0) is 23.0. The molecule has 10 heteroatoms. The number of piperidine rings is 1. The summed E-state index contributed by atoms with van der Waals surface area (Å²) in [4.78, 5) is 38.0. The summed E-state index contributed by atoms with van der Waals surface area (Å²) < 4.78 is 16.9. The molecule has 0 aromatic carbocycles. The van der Waals surface area contributed by atoms with Crippen molar-refractivity contribution < 1.29 is 19.1 Å². The third kappa shape index (κ3) is 4.19. The number of rotatable bonds is 7. The number of nitrogens with zero attached hydrogens (tertiary/aromatic N) is 5. The summed E-state index contributed by atoms with van der Waals surface area (Å²) in [6, 6.07) is 1.13. The van der Waals surface area contributed by atoms with Gasteiger partial charge in [-0.15, -0.1) is 0 Å². The first-order chi connectivity index (χ1) is 15.3. The highest BCUT2D eigenvalue weighted by Crippen LogP contribution is 2.37. The predicted octanol–water partition coefficient (Wildman–Crippen LogP) is 2.49. The molecule has 1 unspecified atom stereocenters. The van der Waals surface area contributed by atoms with E-state index in [1.54, 1.807) is 4.57 Å². The largest absolute Gasteiger partial charge is 0.477 e. The summed E-state index contributed by atoms with van der Waals surface area (Å²) in [7, 11) is 3.87. The van der Waals surface area contributed by atoms with E-state index in [4.69, 9.17) is 4.84 Å². The van der Waals surface area contributed by atoms with Gasteiger partial charge in [-0.3, -0.25) is 9.69 Å². The quantitative estimate of drug-likeness (QED) is 0.516. The number of aromatic nitrogens is 2. The lowest BCUT2D eigenvalue weighted by Crippen LogP contribution is -2.51. The van der Waals surface area contributed by atoms with Gasteiger partial charge in [0.05, 0.1) is 17.1 Å². The Labute approximate surface area is 185 Å². The first-order valence-electron chi connectivity index (χ1n) is 10.9. The van der Waals surface area contributed by atoms with Crippen LogP contribution in [0.25, 0.3) is 11.0 Å². The number of carbonyl (C=O) groups is 1. The smallest absolute Gasteiger partial charge is 0.341 e. The maximum atomic E-state index is 15.2. The van der Waals surface area contributed by atoms with Crippen molar-refractivity contribution in [3.8, 4) is 0 Å². The van der Waals surface area contributed by atoms with Gasteiger partial charge >= 0.3 is 5.97 Å². The molecule has 0 radical (unpaired) electrons. The van der Waals surface area contributed by atoms with Crippen molar-refractivity contribution in [2.45, 2.75) is 44.7 Å². The van der Waals surface area contributed by atoms with E-state index in [-0.39, 0.29) is 28.9 Å². The zero-order valence-electron chi connectivity index (χ0n) is 18.5. The van der Waals surface area contributed by atoms with Crippen LogP contribution in [0.3, 0.4) is 0 Å². The molecule has 1 saturated heterocycles. The lowest BCUT2D eigenvalue weighted by Gasteiger charge is -2.37. The summed E-state index contributed by atoms with van der Waals surface area (Å²) >= 11 is 0. The molecule has 1 saturated carbocycles. The highest BCUT2D eigenvalue weighted by Gasteiger charge is 2.32. The zero-order valence-corrected chi connectivity index (χ0v) is 18.5. The van der Waals surface area contributed by atoms with Crippen LogP contribution >= 0.6 is 0 Å². The van der Waals surface area contributed by atoms with Crippen LogP contribution in [0.4, 0.5) is 10.2 Å². The van der Waals surface area contributed by atoms with Crippen molar-refractivity contribution in [3.63, 3.8) is 0 Å². The summed E-state index contributed by atoms with van der Waals surface area (Å²) in [6.07, 6.45) is 4.55. The Bertz CT molecular complexity index is 1130. The van der Waals surface area contributed by atoms with Crippen molar-refractivity contribution in [2.24, 2.45) is 5.16 Å². The maximum Gasteiger partial charge on any atom is 0.341 e. The van der Waals surface area contributed by atoms with Gasteiger partial charge in [-0.1, -0.05) is 12.1 Å². The van der Waals surface area contributed by atoms with Crippen molar-refractivity contribution >= 4 is 28.5 Å². The average molecular weight is 445 g/mol. The molecule has 4 rings (SSSR count). The molecule has 0 amide bonds. The second-order valence-corrected chi connectivity index (χ2v) is 8.57. The van der Waals surface area contributed by atoms with Crippen molar-refractivity contribution in [1.82, 2.24) is 14.5 Å². The number of carboxylic acid groups (broad SMARTS) is 1. The lowest BCUT2D eigenvalue weighted by molar-refractivity contribution is 0.0695. The number of anilines is 1. The van der Waals surface area contributed by atoms with Gasteiger partial charge in [-0.25, -0.2) is 14.2 Å². The number of fused-ring (bicyclic) bond motifs is 1. The van der Waals surface area contributed by atoms with Crippen LogP contribution in [-0.4, -0.2) is 71.1 Å². The minimum atomic E-state index is -1.32. The van der Waals surface area contributed by atoms with E-state index >= 15 is 4.39 Å². The third-order valence-electron chi connectivity index (χ3n) is 5.93. The maximum absolute atomic E-state index is 15.2. The molecule has 32 heavy (non-hydrogen) atoms. The monoisotopic (exact) mass is 445 g/mol. The molecular formula is C22H28FN5O4. The van der Waals surface area contributed by atoms with Gasteiger partial charge in [-0.05, 0) is 39.4 Å². The molecule has 2 fully saturated rings. The molecule has 2 aromatic heterocycles. The number of hydrogen-bond acceptors (Lipinski definition) is 7. The molecular weight excluding hydrogens is 417 g/mol. The molecule has 1 aliphatic heterocycles. The van der Waals surface area contributed by atoms with Crippen LogP contribution in [0.15, 0.2) is 22.2 Å². The molecule has 172 valence electrons. The summed E-state index contributed by atoms with van der Waals surface area (Å²) in [5, 5.41) is 13.7. The fraction of sp³-hybridized carbons (Fsp3) is 0.545. The Hall–Kier alpha value is -3.01. The highest BCUT2D eigenvalue weighted by atomic mass is 19.1. The van der Waals surface area contributed by atoms with Crippen LogP contribution in [0.1, 0.15) is 49.0 Å². The predicted molar refractivity (Wildman–Crippen MR) is 119 cm³/mol. The van der Waals surface area contributed by atoms with Crippen molar-refractivity contribution in [3.05, 3.63) is 33.9 Å². The van der Waals surface area contributed by atoms with E-state index in [9.17, 15) is 14.7 Å². The Morgan fingerprint density at radius 1 is 1.41 bits per heavy atom. The van der Waals surface area contributed by atoms with Crippen LogP contribution in [-0.2, 0) is 4.84 Å². The first kappa shape index (κ1) is 22.2. The number of hydrogen-bond donors (Lipinski definition) is 1. The Balaban J connectivity index is 1.73. The van der Waals surface area contributed by atoms with Gasteiger partial charge in [0.15, 0.2) is 11.6 Å². The summed E-state index contributed by atoms with van der Waals surface area (Å²) in [6.45, 7) is 3.54. The molecule has 1 N–H and O–H groups in total. The van der Waals surface area contributed by atoms with Gasteiger partial charge in [0.2, 0.25) is 5.43 Å². The first-order valence-corrected chi connectivity index (χ1v) is 10.9. The molecule has 2 aliphatic rings. The van der Waals surface area contributed by atoms with E-state index in [1.165, 1.54) is 6.20 Å². The van der Waals surface area contributed by atoms with Gasteiger partial charge < -0.3 is 19.4 Å². The fourth-order valence-corrected chi connectivity index (χ4v) is 4.04. The van der Waals surface area contributed by atoms with Crippen molar-refractivity contribution in [2.75, 3.05) is 38.7 Å². The van der Waals surface area contributed by atoms with E-state index in [0.29, 0.717) is 31.8 Å². The van der Waals surface area contributed by atoms with Gasteiger partial charge in [-0.2, -0.15) is 0 Å². The second-order valence-electron chi connectivity index (χ2n) is 8.57. The van der Waals surface area contributed by atoms with Crippen LogP contribution in [0.5, 0.6) is 0 Å².